The van der Waals surface area contributed by atoms with E-state index in [2.05, 4.69) is 11.9 Å². The molecular weight excluding hydrogens is 415 g/mol. The summed E-state index contributed by atoms with van der Waals surface area (Å²) in [6.07, 6.45) is 6.99. The number of halogens is 2. The molecule has 1 fully saturated rings. The van der Waals surface area contributed by atoms with Crippen molar-refractivity contribution in [2.75, 3.05) is 6.61 Å². The Hall–Kier alpha value is -2.37. The van der Waals surface area contributed by atoms with Gasteiger partial charge in [-0.15, -0.1) is 0 Å². The lowest BCUT2D eigenvalue weighted by molar-refractivity contribution is 0.118. The zero-order chi connectivity index (χ0) is 21.8. The molecule has 0 unspecified atom stereocenters. The first kappa shape index (κ1) is 21.8. The van der Waals surface area contributed by atoms with Gasteiger partial charge in [0, 0.05) is 17.1 Å². The third kappa shape index (κ3) is 4.94. The van der Waals surface area contributed by atoms with Gasteiger partial charge in [-0.1, -0.05) is 37.1 Å². The van der Waals surface area contributed by atoms with Crippen LogP contribution in [-0.4, -0.2) is 17.7 Å². The second-order valence-electron chi connectivity index (χ2n) is 8.30. The predicted molar refractivity (Wildman–Crippen MR) is 122 cm³/mol. The molecule has 4 rings (SSSR count). The zero-order valence-electron chi connectivity index (χ0n) is 17.7. The standard InChI is InChI=1S/C25H28ClFN2O2/c1-2-3-14-30-24-21-16-22(26)23(15-17(21)10-13-29-24)31-20-8-11-25(28,12-9-20)18-4-6-19(27)7-5-18/h4-7,10,13,15-16,20H,2-3,8-9,11-12,14,28H2,1H3. The Morgan fingerprint density at radius 3 is 2.61 bits per heavy atom. The van der Waals surface area contributed by atoms with E-state index in [-0.39, 0.29) is 11.9 Å². The number of hydrogen-bond acceptors (Lipinski definition) is 4. The first-order chi connectivity index (χ1) is 15.0. The van der Waals surface area contributed by atoms with Gasteiger partial charge in [0.15, 0.2) is 0 Å². The molecule has 3 aromatic rings. The van der Waals surface area contributed by atoms with Gasteiger partial charge in [0.05, 0.1) is 17.7 Å². The fraction of sp³-hybridized carbons (Fsp3) is 0.400. The van der Waals surface area contributed by atoms with Crippen molar-refractivity contribution in [1.82, 2.24) is 4.98 Å². The number of nitrogens with two attached hydrogens (primary N) is 1. The summed E-state index contributed by atoms with van der Waals surface area (Å²) in [6.45, 7) is 2.76. The van der Waals surface area contributed by atoms with Crippen molar-refractivity contribution in [3.63, 3.8) is 0 Å². The molecular formula is C25H28ClFN2O2. The second kappa shape index (κ2) is 9.41. The monoisotopic (exact) mass is 442 g/mol. The molecule has 4 nitrogen and oxygen atoms in total. The van der Waals surface area contributed by atoms with Crippen LogP contribution >= 0.6 is 11.6 Å². The van der Waals surface area contributed by atoms with Crippen molar-refractivity contribution in [2.24, 2.45) is 5.73 Å². The first-order valence-corrected chi connectivity index (χ1v) is 11.3. The molecule has 1 aromatic heterocycles. The molecule has 0 spiro atoms. The van der Waals surface area contributed by atoms with Gasteiger partial charge < -0.3 is 15.2 Å². The van der Waals surface area contributed by atoms with Crippen LogP contribution < -0.4 is 15.2 Å². The van der Waals surface area contributed by atoms with E-state index < -0.39 is 5.54 Å². The lowest BCUT2D eigenvalue weighted by atomic mass is 9.76. The lowest BCUT2D eigenvalue weighted by Crippen LogP contribution is -2.42. The predicted octanol–water partition coefficient (Wildman–Crippen LogP) is 6.38. The molecule has 0 bridgehead atoms. The Bertz CT molecular complexity index is 1030. The Morgan fingerprint density at radius 1 is 1.16 bits per heavy atom. The number of nitrogens with zero attached hydrogens (tertiary/aromatic N) is 1. The smallest absolute Gasteiger partial charge is 0.221 e. The highest BCUT2D eigenvalue weighted by Gasteiger charge is 2.34. The topological polar surface area (TPSA) is 57.4 Å². The van der Waals surface area contributed by atoms with Crippen LogP contribution in [0, 0.1) is 5.82 Å². The number of benzene rings is 2. The molecule has 0 atom stereocenters. The van der Waals surface area contributed by atoms with E-state index in [1.165, 1.54) is 12.1 Å². The average Bonchev–Trinajstić information content (AvgIpc) is 2.77. The molecule has 1 saturated carbocycles. The highest BCUT2D eigenvalue weighted by molar-refractivity contribution is 6.33. The molecule has 1 aliphatic rings. The summed E-state index contributed by atoms with van der Waals surface area (Å²) in [5.41, 5.74) is 7.16. The first-order valence-electron chi connectivity index (χ1n) is 10.9. The fourth-order valence-corrected chi connectivity index (χ4v) is 4.35. The minimum atomic E-state index is -0.447. The van der Waals surface area contributed by atoms with Crippen LogP contribution in [0.4, 0.5) is 4.39 Å². The Labute approximate surface area is 187 Å². The number of ether oxygens (including phenoxy) is 2. The van der Waals surface area contributed by atoms with Gasteiger partial charge in [-0.05, 0) is 73.4 Å². The maximum atomic E-state index is 13.2. The van der Waals surface area contributed by atoms with E-state index in [0.29, 0.717) is 23.3 Å². The van der Waals surface area contributed by atoms with Crippen LogP contribution in [-0.2, 0) is 5.54 Å². The van der Waals surface area contributed by atoms with Crippen molar-refractivity contribution in [3.8, 4) is 11.6 Å². The van der Waals surface area contributed by atoms with E-state index in [1.54, 1.807) is 18.3 Å². The molecule has 0 aliphatic heterocycles. The summed E-state index contributed by atoms with van der Waals surface area (Å²) < 4.78 is 25.4. The fourth-order valence-electron chi connectivity index (χ4n) is 4.14. The van der Waals surface area contributed by atoms with Crippen molar-refractivity contribution in [1.29, 1.82) is 0 Å². The number of aromatic nitrogens is 1. The molecule has 0 saturated heterocycles. The van der Waals surface area contributed by atoms with Crippen molar-refractivity contribution in [3.05, 3.63) is 65.1 Å². The molecule has 0 radical (unpaired) electrons. The van der Waals surface area contributed by atoms with E-state index in [0.717, 1.165) is 54.9 Å². The maximum absolute atomic E-state index is 13.2. The van der Waals surface area contributed by atoms with E-state index in [4.69, 9.17) is 26.8 Å². The molecule has 164 valence electrons. The summed E-state index contributed by atoms with van der Waals surface area (Å²) in [5, 5.41) is 2.41. The SMILES string of the molecule is CCCCOc1nccc2cc(OC3CCC(N)(c4ccc(F)cc4)CC3)c(Cl)cc12. The van der Waals surface area contributed by atoms with Gasteiger partial charge in [0.25, 0.3) is 0 Å². The van der Waals surface area contributed by atoms with Crippen LogP contribution in [0.3, 0.4) is 0 Å². The van der Waals surface area contributed by atoms with Crippen LogP contribution in [0.1, 0.15) is 51.0 Å². The van der Waals surface area contributed by atoms with Gasteiger partial charge in [-0.3, -0.25) is 0 Å². The molecule has 2 N–H and O–H groups in total. The van der Waals surface area contributed by atoms with Crippen LogP contribution in [0.5, 0.6) is 11.6 Å². The third-order valence-corrected chi connectivity index (χ3v) is 6.35. The summed E-state index contributed by atoms with van der Waals surface area (Å²) in [6, 6.07) is 12.3. The molecule has 31 heavy (non-hydrogen) atoms. The van der Waals surface area contributed by atoms with Gasteiger partial charge in [0.2, 0.25) is 5.88 Å². The molecule has 1 heterocycles. The lowest BCUT2D eigenvalue weighted by Gasteiger charge is -2.37. The van der Waals surface area contributed by atoms with Gasteiger partial charge >= 0.3 is 0 Å². The number of fused-ring (bicyclic) bond motifs is 1. The number of unbranched alkanes of at least 4 members (excludes halogenated alkanes) is 1. The summed E-state index contributed by atoms with van der Waals surface area (Å²) in [5.74, 6) is 1.02. The average molecular weight is 443 g/mol. The van der Waals surface area contributed by atoms with Crippen molar-refractivity contribution < 1.29 is 13.9 Å². The van der Waals surface area contributed by atoms with E-state index in [1.807, 2.05) is 18.2 Å². The normalized spacial score (nSPS) is 21.2. The molecule has 1 aliphatic carbocycles. The summed E-state index contributed by atoms with van der Waals surface area (Å²) >= 11 is 6.55. The van der Waals surface area contributed by atoms with Crippen LogP contribution in [0.2, 0.25) is 5.02 Å². The number of pyridine rings is 1. The molecule has 2 aromatic carbocycles. The minimum absolute atomic E-state index is 0.0363. The Kier molecular flexibility index (Phi) is 6.63. The van der Waals surface area contributed by atoms with Gasteiger partial charge in [-0.25, -0.2) is 9.37 Å². The van der Waals surface area contributed by atoms with Crippen molar-refractivity contribution >= 4 is 22.4 Å². The van der Waals surface area contributed by atoms with Gasteiger partial charge in [0.1, 0.15) is 11.6 Å². The number of rotatable bonds is 7. The van der Waals surface area contributed by atoms with E-state index >= 15 is 0 Å². The summed E-state index contributed by atoms with van der Waals surface area (Å²) in [4.78, 5) is 4.36. The number of hydrogen-bond donors (Lipinski definition) is 1. The van der Waals surface area contributed by atoms with Crippen LogP contribution in [0.25, 0.3) is 10.8 Å². The highest BCUT2D eigenvalue weighted by atomic mass is 35.5. The molecule has 0 amide bonds. The molecule has 6 heteroatoms. The van der Waals surface area contributed by atoms with Crippen molar-refractivity contribution in [2.45, 2.75) is 57.1 Å². The maximum Gasteiger partial charge on any atom is 0.221 e. The highest BCUT2D eigenvalue weighted by Crippen LogP contribution is 2.39. The third-order valence-electron chi connectivity index (χ3n) is 6.05. The van der Waals surface area contributed by atoms with E-state index in [9.17, 15) is 4.39 Å². The zero-order valence-corrected chi connectivity index (χ0v) is 18.5. The quantitative estimate of drug-likeness (QED) is 0.431. The Morgan fingerprint density at radius 2 is 1.90 bits per heavy atom. The largest absolute Gasteiger partial charge is 0.489 e. The van der Waals surface area contributed by atoms with Crippen LogP contribution in [0.15, 0.2) is 48.7 Å². The summed E-state index contributed by atoms with van der Waals surface area (Å²) in [7, 11) is 0. The Balaban J connectivity index is 1.45. The van der Waals surface area contributed by atoms with Gasteiger partial charge in [-0.2, -0.15) is 0 Å². The minimum Gasteiger partial charge on any atom is -0.489 e. The second-order valence-corrected chi connectivity index (χ2v) is 8.71.